The van der Waals surface area contributed by atoms with E-state index in [0.717, 1.165) is 6.07 Å². The highest BCUT2D eigenvalue weighted by atomic mass is 35.5. The van der Waals surface area contributed by atoms with E-state index in [9.17, 15) is 19.7 Å². The highest BCUT2D eigenvalue weighted by Gasteiger charge is 2.20. The maximum Gasteiger partial charge on any atom is 0.270 e. The number of hydrogen-bond donors (Lipinski definition) is 1. The summed E-state index contributed by atoms with van der Waals surface area (Å²) >= 11 is 6.00. The fraction of sp³-hybridized carbons (Fsp3) is 0.222. The molecule has 0 radical (unpaired) electrons. The van der Waals surface area contributed by atoms with Gasteiger partial charge >= 0.3 is 0 Å². The van der Waals surface area contributed by atoms with Gasteiger partial charge in [0.2, 0.25) is 0 Å². The quantitative estimate of drug-likeness (QED) is 0.610. The molecule has 0 fully saturated rings. The molecule has 0 aromatic heterocycles. The number of non-ortho nitro benzene ring substituents is 1. The van der Waals surface area contributed by atoms with Crippen molar-refractivity contribution in [1.82, 2.24) is 4.90 Å². The van der Waals surface area contributed by atoms with Gasteiger partial charge in [0.25, 0.3) is 17.5 Å². The van der Waals surface area contributed by atoms with Crippen molar-refractivity contribution < 1.29 is 14.5 Å². The Hall–Kier alpha value is -2.93. The molecule has 0 saturated heterocycles. The first kappa shape index (κ1) is 19.4. The van der Waals surface area contributed by atoms with Gasteiger partial charge in [0, 0.05) is 25.2 Å². The minimum Gasteiger partial charge on any atom is -0.339 e. The zero-order valence-corrected chi connectivity index (χ0v) is 15.1. The molecule has 7 nitrogen and oxygen atoms in total. The lowest BCUT2D eigenvalue weighted by Gasteiger charge is -2.20. The molecule has 8 heteroatoms. The van der Waals surface area contributed by atoms with Gasteiger partial charge in [-0.3, -0.25) is 19.7 Å². The first-order valence-electron chi connectivity index (χ1n) is 8.02. The summed E-state index contributed by atoms with van der Waals surface area (Å²) in [4.78, 5) is 37.1. The first-order valence-corrected chi connectivity index (χ1v) is 8.40. The van der Waals surface area contributed by atoms with Crippen molar-refractivity contribution in [2.45, 2.75) is 13.8 Å². The third-order valence-corrected chi connectivity index (χ3v) is 4.19. The van der Waals surface area contributed by atoms with Crippen LogP contribution in [0.15, 0.2) is 42.5 Å². The number of carbonyl (C=O) groups is 2. The Morgan fingerprint density at radius 2 is 1.77 bits per heavy atom. The van der Waals surface area contributed by atoms with Gasteiger partial charge in [0.05, 0.1) is 26.8 Å². The number of amides is 2. The maximum atomic E-state index is 12.6. The van der Waals surface area contributed by atoms with E-state index in [1.807, 2.05) is 13.8 Å². The largest absolute Gasteiger partial charge is 0.339 e. The Labute approximate surface area is 155 Å². The molecule has 0 aliphatic carbocycles. The van der Waals surface area contributed by atoms with Crippen LogP contribution in [0.2, 0.25) is 5.02 Å². The predicted octanol–water partition coefficient (Wildman–Crippen LogP) is 3.98. The third kappa shape index (κ3) is 4.18. The highest BCUT2D eigenvalue weighted by Crippen LogP contribution is 2.24. The number of nitro groups is 1. The van der Waals surface area contributed by atoms with Gasteiger partial charge in [-0.25, -0.2) is 0 Å². The number of carbonyl (C=O) groups excluding carboxylic acids is 2. The Morgan fingerprint density at radius 1 is 1.12 bits per heavy atom. The van der Waals surface area contributed by atoms with Crippen molar-refractivity contribution in [1.29, 1.82) is 0 Å². The van der Waals surface area contributed by atoms with Gasteiger partial charge < -0.3 is 10.2 Å². The van der Waals surface area contributed by atoms with E-state index in [4.69, 9.17) is 11.6 Å². The lowest BCUT2D eigenvalue weighted by molar-refractivity contribution is -0.384. The molecule has 0 unspecified atom stereocenters. The molecule has 0 aliphatic heterocycles. The molecule has 0 aliphatic rings. The van der Waals surface area contributed by atoms with Gasteiger partial charge in [0.1, 0.15) is 0 Å². The second-order valence-corrected chi connectivity index (χ2v) is 5.81. The molecule has 2 aromatic rings. The van der Waals surface area contributed by atoms with E-state index in [1.165, 1.54) is 12.1 Å². The number of halogens is 1. The zero-order valence-electron chi connectivity index (χ0n) is 14.4. The fourth-order valence-electron chi connectivity index (χ4n) is 2.45. The van der Waals surface area contributed by atoms with Crippen molar-refractivity contribution >= 4 is 34.8 Å². The second kappa shape index (κ2) is 8.44. The summed E-state index contributed by atoms with van der Waals surface area (Å²) in [5, 5.41) is 13.6. The normalized spacial score (nSPS) is 10.3. The third-order valence-electron chi connectivity index (χ3n) is 3.86. The summed E-state index contributed by atoms with van der Waals surface area (Å²) < 4.78 is 0. The van der Waals surface area contributed by atoms with E-state index >= 15 is 0 Å². The second-order valence-electron chi connectivity index (χ2n) is 5.40. The minimum absolute atomic E-state index is 0.0362. The number of para-hydroxylation sites is 1. The van der Waals surface area contributed by atoms with Crippen LogP contribution in [0.5, 0.6) is 0 Å². The highest BCUT2D eigenvalue weighted by molar-refractivity contribution is 6.34. The number of anilines is 1. The standard InChI is InChI=1S/C18H18ClN3O4/c1-3-21(4-2)18(24)13-7-5-6-8-16(13)20-17(23)14-11-12(22(25)26)9-10-15(14)19/h5-11H,3-4H2,1-2H3,(H,20,23). The van der Waals surface area contributed by atoms with Crippen molar-refractivity contribution in [2.24, 2.45) is 0 Å². The van der Waals surface area contributed by atoms with Crippen LogP contribution in [0.1, 0.15) is 34.6 Å². The van der Waals surface area contributed by atoms with Crippen LogP contribution in [-0.2, 0) is 0 Å². The van der Waals surface area contributed by atoms with Crippen molar-refractivity contribution in [2.75, 3.05) is 18.4 Å². The summed E-state index contributed by atoms with van der Waals surface area (Å²) in [6.45, 7) is 4.81. The molecule has 1 N–H and O–H groups in total. The van der Waals surface area contributed by atoms with Gasteiger partial charge in [0.15, 0.2) is 0 Å². The average Bonchev–Trinajstić information content (AvgIpc) is 2.63. The van der Waals surface area contributed by atoms with Gasteiger partial charge in [-0.15, -0.1) is 0 Å². The van der Waals surface area contributed by atoms with E-state index in [-0.39, 0.29) is 22.2 Å². The Morgan fingerprint density at radius 3 is 2.38 bits per heavy atom. The number of nitrogens with one attached hydrogen (secondary N) is 1. The molecule has 2 rings (SSSR count). The number of nitrogens with zero attached hydrogens (tertiary/aromatic N) is 2. The van der Waals surface area contributed by atoms with E-state index in [1.54, 1.807) is 29.2 Å². The van der Waals surface area contributed by atoms with Crippen LogP contribution in [0.25, 0.3) is 0 Å². The molecule has 2 amide bonds. The lowest BCUT2D eigenvalue weighted by atomic mass is 10.1. The number of hydrogen-bond acceptors (Lipinski definition) is 4. The summed E-state index contributed by atoms with van der Waals surface area (Å²) in [7, 11) is 0. The van der Waals surface area contributed by atoms with Crippen LogP contribution in [0.3, 0.4) is 0 Å². The minimum atomic E-state index is -0.626. The molecule has 136 valence electrons. The van der Waals surface area contributed by atoms with Crippen molar-refractivity contribution in [3.8, 4) is 0 Å². The van der Waals surface area contributed by atoms with Crippen molar-refractivity contribution in [3.63, 3.8) is 0 Å². The molecule has 0 atom stereocenters. The topological polar surface area (TPSA) is 92.6 Å². The number of nitro benzene ring substituents is 1. The molecular formula is C18H18ClN3O4. The Kier molecular flexibility index (Phi) is 6.30. The first-order chi connectivity index (χ1) is 12.4. The van der Waals surface area contributed by atoms with Crippen LogP contribution >= 0.6 is 11.6 Å². The monoisotopic (exact) mass is 375 g/mol. The van der Waals surface area contributed by atoms with Crippen LogP contribution < -0.4 is 5.32 Å². The average molecular weight is 376 g/mol. The molecule has 0 spiro atoms. The summed E-state index contributed by atoms with van der Waals surface area (Å²) in [5.41, 5.74) is 0.376. The lowest BCUT2D eigenvalue weighted by Crippen LogP contribution is -2.31. The molecule has 0 saturated carbocycles. The predicted molar refractivity (Wildman–Crippen MR) is 99.8 cm³/mol. The van der Waals surface area contributed by atoms with Gasteiger partial charge in [-0.2, -0.15) is 0 Å². The smallest absolute Gasteiger partial charge is 0.270 e. The number of rotatable bonds is 6. The summed E-state index contributed by atoms with van der Waals surface area (Å²) in [5.74, 6) is -0.838. The van der Waals surface area contributed by atoms with Gasteiger partial charge in [-0.05, 0) is 32.0 Å². The van der Waals surface area contributed by atoms with Gasteiger partial charge in [-0.1, -0.05) is 23.7 Å². The molecular weight excluding hydrogens is 358 g/mol. The van der Waals surface area contributed by atoms with E-state index < -0.39 is 10.8 Å². The van der Waals surface area contributed by atoms with E-state index in [0.29, 0.717) is 24.3 Å². The van der Waals surface area contributed by atoms with Crippen LogP contribution in [0, 0.1) is 10.1 Å². The molecule has 0 bridgehead atoms. The SMILES string of the molecule is CCN(CC)C(=O)c1ccccc1NC(=O)c1cc([N+](=O)[O-])ccc1Cl. The fourth-order valence-corrected chi connectivity index (χ4v) is 2.65. The Bertz CT molecular complexity index is 850. The van der Waals surface area contributed by atoms with Crippen LogP contribution in [-0.4, -0.2) is 34.7 Å². The number of benzene rings is 2. The molecule has 26 heavy (non-hydrogen) atoms. The molecule has 2 aromatic carbocycles. The van der Waals surface area contributed by atoms with Crippen molar-refractivity contribution in [3.05, 3.63) is 68.7 Å². The Balaban J connectivity index is 2.35. The zero-order chi connectivity index (χ0) is 19.3. The van der Waals surface area contributed by atoms with Crippen LogP contribution in [0.4, 0.5) is 11.4 Å². The summed E-state index contributed by atoms with van der Waals surface area (Å²) in [6, 6.07) is 10.2. The summed E-state index contributed by atoms with van der Waals surface area (Å²) in [6.07, 6.45) is 0. The van der Waals surface area contributed by atoms with E-state index in [2.05, 4.69) is 5.32 Å². The maximum absolute atomic E-state index is 12.6. The molecule has 0 heterocycles.